The van der Waals surface area contributed by atoms with Gasteiger partial charge in [-0.25, -0.2) is 0 Å². The number of rotatable bonds is 9. The molecule has 1 aliphatic rings. The third kappa shape index (κ3) is 5.66. The smallest absolute Gasteiger partial charge is 0.258 e. The van der Waals surface area contributed by atoms with E-state index >= 15 is 0 Å². The number of hydrogen-bond donors (Lipinski definition) is 2. The van der Waals surface area contributed by atoms with Crippen molar-refractivity contribution in [3.63, 3.8) is 0 Å². The summed E-state index contributed by atoms with van der Waals surface area (Å²) in [4.78, 5) is 29.7. The van der Waals surface area contributed by atoms with E-state index in [9.17, 15) is 9.59 Å². The van der Waals surface area contributed by atoms with Gasteiger partial charge >= 0.3 is 0 Å². The van der Waals surface area contributed by atoms with Crippen molar-refractivity contribution in [3.05, 3.63) is 101 Å². The van der Waals surface area contributed by atoms with Crippen LogP contribution in [0.3, 0.4) is 0 Å². The Bertz CT molecular complexity index is 1260. The molecule has 0 aromatic heterocycles. The third-order valence-electron chi connectivity index (χ3n) is 6.47. The Kier molecular flexibility index (Phi) is 7.86. The SMILES string of the molecule is CCN(CC)C(=O)c1ccc2c(c1)C(=C(C)Nc1ccc(CN(C)Cc3ccccc3)cc1)C(=O)N2. The average molecular weight is 483 g/mol. The van der Waals surface area contributed by atoms with E-state index in [-0.39, 0.29) is 11.8 Å². The van der Waals surface area contributed by atoms with E-state index in [1.165, 1.54) is 11.1 Å². The van der Waals surface area contributed by atoms with Crippen LogP contribution < -0.4 is 10.6 Å². The van der Waals surface area contributed by atoms with Crippen LogP contribution >= 0.6 is 0 Å². The normalized spacial score (nSPS) is 13.9. The fraction of sp³-hybridized carbons (Fsp3) is 0.267. The molecule has 4 rings (SSSR count). The van der Waals surface area contributed by atoms with Gasteiger partial charge in [-0.2, -0.15) is 0 Å². The zero-order chi connectivity index (χ0) is 25.7. The summed E-state index contributed by atoms with van der Waals surface area (Å²) < 4.78 is 0. The largest absolute Gasteiger partial charge is 0.358 e. The van der Waals surface area contributed by atoms with Gasteiger partial charge in [0, 0.05) is 54.4 Å². The minimum atomic E-state index is -0.165. The van der Waals surface area contributed by atoms with Crippen LogP contribution in [0.4, 0.5) is 11.4 Å². The fourth-order valence-electron chi connectivity index (χ4n) is 4.60. The number of hydrogen-bond acceptors (Lipinski definition) is 4. The first kappa shape index (κ1) is 25.2. The first-order valence-corrected chi connectivity index (χ1v) is 12.4. The van der Waals surface area contributed by atoms with Crippen LogP contribution in [0.2, 0.25) is 0 Å². The summed E-state index contributed by atoms with van der Waals surface area (Å²) in [6.07, 6.45) is 0. The Balaban J connectivity index is 1.48. The Morgan fingerprint density at radius 3 is 2.17 bits per heavy atom. The first-order chi connectivity index (χ1) is 17.4. The zero-order valence-corrected chi connectivity index (χ0v) is 21.5. The molecule has 1 aliphatic heterocycles. The molecule has 0 saturated carbocycles. The summed E-state index contributed by atoms with van der Waals surface area (Å²) in [6, 6.07) is 24.1. The molecule has 0 atom stereocenters. The summed E-state index contributed by atoms with van der Waals surface area (Å²) in [5.41, 5.74) is 6.78. The van der Waals surface area contributed by atoms with E-state index in [4.69, 9.17) is 0 Å². The molecule has 0 unspecified atom stereocenters. The topological polar surface area (TPSA) is 64.7 Å². The van der Waals surface area contributed by atoms with Crippen LogP contribution in [0, 0.1) is 0 Å². The molecule has 6 heteroatoms. The van der Waals surface area contributed by atoms with Gasteiger partial charge in [-0.1, -0.05) is 42.5 Å². The van der Waals surface area contributed by atoms with Crippen molar-refractivity contribution in [2.24, 2.45) is 0 Å². The second-order valence-corrected chi connectivity index (χ2v) is 9.17. The standard InChI is InChI=1S/C30H34N4O2/c1-5-34(6-2)30(36)24-14-17-27-26(18-24)28(29(35)32-27)21(3)31-25-15-12-23(13-16-25)20-33(4)19-22-10-8-7-9-11-22/h7-18,31H,5-6,19-20H2,1-4H3,(H,32,35). The maximum Gasteiger partial charge on any atom is 0.258 e. The quantitative estimate of drug-likeness (QED) is 0.390. The molecule has 0 spiro atoms. The Morgan fingerprint density at radius 2 is 1.53 bits per heavy atom. The minimum absolute atomic E-state index is 0.0278. The maximum absolute atomic E-state index is 12.9. The van der Waals surface area contributed by atoms with Gasteiger partial charge in [0.2, 0.25) is 0 Å². The van der Waals surface area contributed by atoms with Crippen molar-refractivity contribution < 1.29 is 9.59 Å². The molecule has 0 radical (unpaired) electrons. The predicted octanol–water partition coefficient (Wildman–Crippen LogP) is 5.60. The van der Waals surface area contributed by atoms with Crippen LogP contribution in [0.5, 0.6) is 0 Å². The van der Waals surface area contributed by atoms with E-state index in [1.54, 1.807) is 11.0 Å². The Labute approximate surface area is 213 Å². The van der Waals surface area contributed by atoms with Gasteiger partial charge in [-0.05, 0) is 69.3 Å². The lowest BCUT2D eigenvalue weighted by Crippen LogP contribution is -2.30. The fourth-order valence-corrected chi connectivity index (χ4v) is 4.60. The Hall–Kier alpha value is -3.90. The number of nitrogens with one attached hydrogen (secondary N) is 2. The van der Waals surface area contributed by atoms with E-state index in [0.717, 1.165) is 35.7 Å². The molecule has 0 bridgehead atoms. The van der Waals surface area contributed by atoms with Gasteiger partial charge in [0.15, 0.2) is 0 Å². The minimum Gasteiger partial charge on any atom is -0.358 e. The molecule has 3 aromatic carbocycles. The van der Waals surface area contributed by atoms with Crippen molar-refractivity contribution >= 4 is 28.8 Å². The molecule has 6 nitrogen and oxygen atoms in total. The molecule has 0 fully saturated rings. The number of carbonyl (C=O) groups excluding carboxylic acids is 2. The van der Waals surface area contributed by atoms with Gasteiger partial charge in [0.05, 0.1) is 5.57 Å². The lowest BCUT2D eigenvalue weighted by Gasteiger charge is -2.19. The van der Waals surface area contributed by atoms with Crippen LogP contribution in [-0.2, 0) is 17.9 Å². The monoisotopic (exact) mass is 482 g/mol. The molecule has 2 amide bonds. The molecule has 1 heterocycles. The highest BCUT2D eigenvalue weighted by molar-refractivity contribution is 6.32. The van der Waals surface area contributed by atoms with E-state index in [1.807, 2.05) is 51.1 Å². The summed E-state index contributed by atoms with van der Waals surface area (Å²) >= 11 is 0. The van der Waals surface area contributed by atoms with E-state index < -0.39 is 0 Å². The molecule has 0 saturated heterocycles. The summed E-state index contributed by atoms with van der Waals surface area (Å²) in [6.45, 7) is 8.84. The highest BCUT2D eigenvalue weighted by Gasteiger charge is 2.28. The lowest BCUT2D eigenvalue weighted by molar-refractivity contribution is -0.110. The zero-order valence-electron chi connectivity index (χ0n) is 21.5. The molecule has 3 aromatic rings. The second kappa shape index (κ2) is 11.2. The summed E-state index contributed by atoms with van der Waals surface area (Å²) in [5.74, 6) is -0.193. The van der Waals surface area contributed by atoms with Gasteiger partial charge in [0.25, 0.3) is 11.8 Å². The number of allylic oxidation sites excluding steroid dienone is 1. The van der Waals surface area contributed by atoms with Crippen molar-refractivity contribution in [2.45, 2.75) is 33.9 Å². The highest BCUT2D eigenvalue weighted by Crippen LogP contribution is 2.35. The van der Waals surface area contributed by atoms with Gasteiger partial charge in [-0.3, -0.25) is 14.5 Å². The second-order valence-electron chi connectivity index (χ2n) is 9.17. The van der Waals surface area contributed by atoms with Crippen molar-refractivity contribution in [2.75, 3.05) is 30.8 Å². The van der Waals surface area contributed by atoms with E-state index in [2.05, 4.69) is 59.0 Å². The van der Waals surface area contributed by atoms with Crippen molar-refractivity contribution in [1.29, 1.82) is 0 Å². The summed E-state index contributed by atoms with van der Waals surface area (Å²) in [5, 5.41) is 6.30. The van der Waals surface area contributed by atoms with Gasteiger partial charge in [0.1, 0.15) is 0 Å². The van der Waals surface area contributed by atoms with Crippen LogP contribution in [0.15, 0.2) is 78.5 Å². The van der Waals surface area contributed by atoms with Crippen LogP contribution in [0.25, 0.3) is 5.57 Å². The number of carbonyl (C=O) groups is 2. The van der Waals surface area contributed by atoms with Crippen molar-refractivity contribution in [3.8, 4) is 0 Å². The van der Waals surface area contributed by atoms with Crippen LogP contribution in [-0.4, -0.2) is 41.8 Å². The molecular weight excluding hydrogens is 448 g/mol. The molecule has 0 aliphatic carbocycles. The number of amides is 2. The molecular formula is C30H34N4O2. The number of fused-ring (bicyclic) bond motifs is 1. The summed E-state index contributed by atoms with van der Waals surface area (Å²) in [7, 11) is 2.11. The lowest BCUT2D eigenvalue weighted by atomic mass is 10.0. The van der Waals surface area contributed by atoms with Gasteiger partial charge < -0.3 is 15.5 Å². The number of benzene rings is 3. The maximum atomic E-state index is 12.9. The van der Waals surface area contributed by atoms with E-state index in [0.29, 0.717) is 24.2 Å². The highest BCUT2D eigenvalue weighted by atomic mass is 16.2. The van der Waals surface area contributed by atoms with Crippen molar-refractivity contribution in [1.82, 2.24) is 9.80 Å². The number of nitrogens with zero attached hydrogens (tertiary/aromatic N) is 2. The predicted molar refractivity (Wildman–Crippen MR) is 147 cm³/mol. The Morgan fingerprint density at radius 1 is 0.889 bits per heavy atom. The molecule has 186 valence electrons. The molecule has 2 N–H and O–H groups in total. The van der Waals surface area contributed by atoms with Crippen LogP contribution in [0.1, 0.15) is 47.8 Å². The van der Waals surface area contributed by atoms with Gasteiger partial charge in [-0.15, -0.1) is 0 Å². The third-order valence-corrected chi connectivity index (χ3v) is 6.47. The average Bonchev–Trinajstić information content (AvgIpc) is 3.21. The number of anilines is 2. The molecule has 36 heavy (non-hydrogen) atoms. The first-order valence-electron chi connectivity index (χ1n) is 12.4.